The molecule has 15 heavy (non-hydrogen) atoms. The third-order valence-corrected chi connectivity index (χ3v) is 2.08. The van der Waals surface area contributed by atoms with Gasteiger partial charge in [0.05, 0.1) is 33.1 Å². The topological polar surface area (TPSA) is 66.6 Å². The van der Waals surface area contributed by atoms with Crippen molar-refractivity contribution in [2.45, 2.75) is 13.0 Å². The molecule has 1 aromatic heterocycles. The Bertz CT molecular complexity index is 340. The SMILES string of the molecule is COc1cnc(OC)c(OC)c1C(C)N. The van der Waals surface area contributed by atoms with Gasteiger partial charge in [0, 0.05) is 6.04 Å². The van der Waals surface area contributed by atoms with Gasteiger partial charge in [-0.3, -0.25) is 0 Å². The Morgan fingerprint density at radius 1 is 1.20 bits per heavy atom. The van der Waals surface area contributed by atoms with E-state index in [1.54, 1.807) is 20.4 Å². The molecule has 0 spiro atoms. The van der Waals surface area contributed by atoms with Gasteiger partial charge in [-0.15, -0.1) is 0 Å². The molecule has 0 aliphatic rings. The summed E-state index contributed by atoms with van der Waals surface area (Å²) < 4.78 is 15.5. The molecule has 0 saturated carbocycles. The van der Waals surface area contributed by atoms with Crippen LogP contribution < -0.4 is 19.9 Å². The first kappa shape index (κ1) is 11.6. The van der Waals surface area contributed by atoms with Crippen LogP contribution in [0.5, 0.6) is 17.4 Å². The molecule has 0 aliphatic carbocycles. The average Bonchev–Trinajstić information content (AvgIpc) is 2.26. The second kappa shape index (κ2) is 4.84. The number of aromatic nitrogens is 1. The summed E-state index contributed by atoms with van der Waals surface area (Å²) in [5, 5.41) is 0. The van der Waals surface area contributed by atoms with Gasteiger partial charge in [-0.1, -0.05) is 0 Å². The van der Waals surface area contributed by atoms with Crippen LogP contribution in [0.4, 0.5) is 0 Å². The van der Waals surface area contributed by atoms with Gasteiger partial charge in [-0.2, -0.15) is 0 Å². The fourth-order valence-corrected chi connectivity index (χ4v) is 1.41. The van der Waals surface area contributed by atoms with Gasteiger partial charge in [0.2, 0.25) is 0 Å². The zero-order valence-corrected chi connectivity index (χ0v) is 9.40. The molecule has 1 heterocycles. The number of pyridine rings is 1. The lowest BCUT2D eigenvalue weighted by molar-refractivity contribution is 0.329. The highest BCUT2D eigenvalue weighted by Gasteiger charge is 2.19. The van der Waals surface area contributed by atoms with Crippen molar-refractivity contribution in [2.75, 3.05) is 21.3 Å². The minimum atomic E-state index is -0.216. The van der Waals surface area contributed by atoms with Gasteiger partial charge in [-0.05, 0) is 6.92 Å². The maximum Gasteiger partial charge on any atom is 0.257 e. The number of rotatable bonds is 4. The van der Waals surface area contributed by atoms with E-state index in [4.69, 9.17) is 19.9 Å². The summed E-state index contributed by atoms with van der Waals surface area (Å²) in [7, 11) is 4.64. The van der Waals surface area contributed by atoms with Crippen LogP contribution >= 0.6 is 0 Å². The molecule has 1 atom stereocenters. The molecule has 5 nitrogen and oxygen atoms in total. The number of hydrogen-bond donors (Lipinski definition) is 1. The highest BCUT2D eigenvalue weighted by molar-refractivity contribution is 5.50. The number of ether oxygens (including phenoxy) is 3. The van der Waals surface area contributed by atoms with E-state index in [0.717, 1.165) is 5.56 Å². The van der Waals surface area contributed by atoms with Crippen molar-refractivity contribution in [1.29, 1.82) is 0 Å². The van der Waals surface area contributed by atoms with Crippen molar-refractivity contribution in [3.63, 3.8) is 0 Å². The van der Waals surface area contributed by atoms with Crippen molar-refractivity contribution in [1.82, 2.24) is 4.98 Å². The second-order valence-electron chi connectivity index (χ2n) is 3.07. The first-order chi connectivity index (χ1) is 7.15. The van der Waals surface area contributed by atoms with E-state index in [9.17, 15) is 0 Å². The average molecular weight is 212 g/mol. The van der Waals surface area contributed by atoms with Crippen LogP contribution in [-0.4, -0.2) is 26.3 Å². The lowest BCUT2D eigenvalue weighted by Crippen LogP contribution is -2.10. The molecule has 1 aromatic rings. The molecule has 0 amide bonds. The zero-order valence-electron chi connectivity index (χ0n) is 9.40. The molecule has 0 fully saturated rings. The van der Waals surface area contributed by atoms with Crippen LogP contribution in [0.25, 0.3) is 0 Å². The highest BCUT2D eigenvalue weighted by Crippen LogP contribution is 2.38. The minimum absolute atomic E-state index is 0.216. The van der Waals surface area contributed by atoms with Crippen molar-refractivity contribution < 1.29 is 14.2 Å². The number of nitrogens with zero attached hydrogens (tertiary/aromatic N) is 1. The van der Waals surface area contributed by atoms with E-state index < -0.39 is 0 Å². The van der Waals surface area contributed by atoms with Crippen LogP contribution in [0.15, 0.2) is 6.20 Å². The van der Waals surface area contributed by atoms with E-state index in [1.807, 2.05) is 6.92 Å². The summed E-state index contributed by atoms with van der Waals surface area (Å²) in [5.74, 6) is 1.53. The van der Waals surface area contributed by atoms with E-state index in [0.29, 0.717) is 17.4 Å². The third kappa shape index (κ3) is 2.12. The zero-order chi connectivity index (χ0) is 11.4. The Morgan fingerprint density at radius 2 is 1.87 bits per heavy atom. The maximum atomic E-state index is 5.85. The Hall–Kier alpha value is -1.49. The molecule has 0 aliphatic heterocycles. The van der Waals surface area contributed by atoms with Crippen molar-refractivity contribution in [3.8, 4) is 17.4 Å². The quantitative estimate of drug-likeness (QED) is 0.810. The smallest absolute Gasteiger partial charge is 0.257 e. The Morgan fingerprint density at radius 3 is 2.27 bits per heavy atom. The van der Waals surface area contributed by atoms with Gasteiger partial charge in [0.25, 0.3) is 5.88 Å². The van der Waals surface area contributed by atoms with E-state index in [2.05, 4.69) is 4.98 Å². The second-order valence-corrected chi connectivity index (χ2v) is 3.07. The monoisotopic (exact) mass is 212 g/mol. The summed E-state index contributed by atoms with van der Waals surface area (Å²) in [6.45, 7) is 1.85. The Balaban J connectivity index is 3.37. The van der Waals surface area contributed by atoms with E-state index in [1.165, 1.54) is 7.11 Å². The summed E-state index contributed by atoms with van der Waals surface area (Å²) in [4.78, 5) is 4.05. The molecule has 5 heteroatoms. The number of nitrogens with two attached hydrogens (primary N) is 1. The third-order valence-electron chi connectivity index (χ3n) is 2.08. The largest absolute Gasteiger partial charge is 0.495 e. The standard InChI is InChI=1S/C10H16N2O3/c1-6(11)8-7(13-2)5-12-10(15-4)9(8)14-3/h5-6H,11H2,1-4H3. The Kier molecular flexibility index (Phi) is 3.74. The maximum absolute atomic E-state index is 5.85. The molecule has 0 saturated heterocycles. The number of hydrogen-bond acceptors (Lipinski definition) is 5. The minimum Gasteiger partial charge on any atom is -0.495 e. The van der Waals surface area contributed by atoms with Gasteiger partial charge in [0.15, 0.2) is 5.75 Å². The van der Waals surface area contributed by atoms with Crippen LogP contribution in [0, 0.1) is 0 Å². The molecule has 0 bridgehead atoms. The summed E-state index contributed by atoms with van der Waals surface area (Å²) >= 11 is 0. The van der Waals surface area contributed by atoms with Crippen molar-refractivity contribution in [2.24, 2.45) is 5.73 Å². The van der Waals surface area contributed by atoms with E-state index >= 15 is 0 Å². The number of methoxy groups -OCH3 is 3. The van der Waals surface area contributed by atoms with Gasteiger partial charge >= 0.3 is 0 Å². The van der Waals surface area contributed by atoms with Crippen molar-refractivity contribution in [3.05, 3.63) is 11.8 Å². The molecular weight excluding hydrogens is 196 g/mol. The molecule has 0 radical (unpaired) electrons. The molecule has 0 aromatic carbocycles. The van der Waals surface area contributed by atoms with Gasteiger partial charge in [-0.25, -0.2) is 4.98 Å². The van der Waals surface area contributed by atoms with Gasteiger partial charge in [0.1, 0.15) is 5.75 Å². The lowest BCUT2D eigenvalue weighted by atomic mass is 10.1. The first-order valence-corrected chi connectivity index (χ1v) is 4.56. The molecule has 1 rings (SSSR count). The summed E-state index contributed by atoms with van der Waals surface area (Å²) in [6, 6.07) is -0.216. The molecule has 2 N–H and O–H groups in total. The van der Waals surface area contributed by atoms with Crippen LogP contribution in [0.2, 0.25) is 0 Å². The van der Waals surface area contributed by atoms with Gasteiger partial charge < -0.3 is 19.9 Å². The van der Waals surface area contributed by atoms with Crippen LogP contribution in [-0.2, 0) is 0 Å². The fourth-order valence-electron chi connectivity index (χ4n) is 1.41. The van der Waals surface area contributed by atoms with E-state index in [-0.39, 0.29) is 6.04 Å². The highest BCUT2D eigenvalue weighted by atomic mass is 16.5. The summed E-state index contributed by atoms with van der Waals surface area (Å²) in [5.41, 5.74) is 6.60. The lowest BCUT2D eigenvalue weighted by Gasteiger charge is -2.17. The molecule has 1 unspecified atom stereocenters. The fraction of sp³-hybridized carbons (Fsp3) is 0.500. The predicted octanol–water partition coefficient (Wildman–Crippen LogP) is 1.13. The van der Waals surface area contributed by atoms with Crippen LogP contribution in [0.1, 0.15) is 18.5 Å². The van der Waals surface area contributed by atoms with Crippen LogP contribution in [0.3, 0.4) is 0 Å². The normalized spacial score (nSPS) is 12.1. The Labute approximate surface area is 89.2 Å². The molecule has 84 valence electrons. The predicted molar refractivity (Wildman–Crippen MR) is 56.5 cm³/mol. The molecular formula is C10H16N2O3. The first-order valence-electron chi connectivity index (χ1n) is 4.56. The summed E-state index contributed by atoms with van der Waals surface area (Å²) in [6.07, 6.45) is 1.57. The van der Waals surface area contributed by atoms with Crippen molar-refractivity contribution >= 4 is 0 Å².